The van der Waals surface area contributed by atoms with E-state index < -0.39 is 18.4 Å². The molecule has 0 aliphatic carbocycles. The summed E-state index contributed by atoms with van der Waals surface area (Å²) < 4.78 is 12.3. The first-order valence-corrected chi connectivity index (χ1v) is 18.7. The van der Waals surface area contributed by atoms with Crippen molar-refractivity contribution in [2.45, 2.75) is 79.5 Å². The van der Waals surface area contributed by atoms with Crippen molar-refractivity contribution < 1.29 is 9.21 Å². The van der Waals surface area contributed by atoms with Crippen molar-refractivity contribution in [3.05, 3.63) is 22.2 Å². The van der Waals surface area contributed by atoms with Crippen LogP contribution in [0.1, 0.15) is 76.6 Å². The minimum atomic E-state index is -2.84. The Morgan fingerprint density at radius 3 is 2.00 bits per heavy atom. The number of fused-ring (bicyclic) bond motifs is 1. The number of carbonyl (C=O) groups excluding carboxylic acids is 1. The first kappa shape index (κ1) is 22.8. The molecule has 0 spiro atoms. The van der Waals surface area contributed by atoms with E-state index in [0.29, 0.717) is 5.69 Å². The van der Waals surface area contributed by atoms with E-state index in [9.17, 15) is 4.79 Å². The van der Waals surface area contributed by atoms with Gasteiger partial charge in [0, 0.05) is 0 Å². The fourth-order valence-corrected chi connectivity index (χ4v) is 20.7. The number of benzene rings is 1. The van der Waals surface area contributed by atoms with Crippen LogP contribution in [-0.4, -0.2) is 24.2 Å². The molecule has 150 valence electrons. The van der Waals surface area contributed by atoms with Gasteiger partial charge in [-0.3, -0.25) is 0 Å². The van der Waals surface area contributed by atoms with E-state index in [4.69, 9.17) is 10.2 Å². The van der Waals surface area contributed by atoms with Gasteiger partial charge in [-0.2, -0.15) is 0 Å². The van der Waals surface area contributed by atoms with E-state index in [1.165, 1.54) is 51.8 Å². The number of rotatable bonds is 11. The van der Waals surface area contributed by atoms with Gasteiger partial charge in [0.05, 0.1) is 0 Å². The molecule has 0 unspecified atom stereocenters. The van der Waals surface area contributed by atoms with Crippen LogP contribution < -0.4 is 9.51 Å². The Bertz CT molecular complexity index is 762. The predicted molar refractivity (Wildman–Crippen MR) is 123 cm³/mol. The number of nitrogen functional groups attached to an aromatic ring is 1. The molecule has 1 aromatic heterocycles. The van der Waals surface area contributed by atoms with Crippen LogP contribution in [0.4, 0.5) is 5.69 Å². The van der Waals surface area contributed by atoms with Gasteiger partial charge in [-0.15, -0.1) is 0 Å². The molecule has 0 fully saturated rings. The normalized spacial score (nSPS) is 12.0. The second-order valence-corrected chi connectivity index (χ2v) is 21.6. The van der Waals surface area contributed by atoms with Crippen molar-refractivity contribution in [1.29, 1.82) is 0 Å². The molecule has 5 heteroatoms. The van der Waals surface area contributed by atoms with Crippen LogP contribution in [-0.2, 0) is 0 Å². The van der Waals surface area contributed by atoms with Crippen LogP contribution in [0, 0.1) is 0 Å². The molecule has 0 aliphatic heterocycles. The topological polar surface area (TPSA) is 56.2 Å². The molecule has 0 radical (unpaired) electrons. The molecular formula is C22H34BrNO2Sn. The van der Waals surface area contributed by atoms with Crippen molar-refractivity contribution in [3.8, 4) is 0 Å². The summed E-state index contributed by atoms with van der Waals surface area (Å²) in [6.07, 6.45) is 7.32. The van der Waals surface area contributed by atoms with Gasteiger partial charge in [-0.25, -0.2) is 0 Å². The van der Waals surface area contributed by atoms with Crippen molar-refractivity contribution in [3.63, 3.8) is 0 Å². The fraction of sp³-hybridized carbons (Fsp3) is 0.591. The number of ketones is 1. The van der Waals surface area contributed by atoms with Crippen LogP contribution in [0.3, 0.4) is 0 Å². The third-order valence-electron chi connectivity index (χ3n) is 5.67. The number of hydrogen-bond donors (Lipinski definition) is 1. The third-order valence-corrected chi connectivity index (χ3v) is 21.3. The van der Waals surface area contributed by atoms with E-state index in [-0.39, 0.29) is 5.78 Å². The molecule has 0 atom stereocenters. The van der Waals surface area contributed by atoms with Gasteiger partial charge in [-0.1, -0.05) is 0 Å². The van der Waals surface area contributed by atoms with Crippen molar-refractivity contribution in [2.24, 2.45) is 0 Å². The molecule has 0 saturated heterocycles. The molecule has 1 heterocycles. The standard InChI is InChI=1S/C10H7BrNO2.3C4H9.Sn/c1-5(13)7-4-14-10-3-9(12)8(11)2-6(7)10;3*1-3-4-2;/h2-3H,12H2,1H3;3*1,3-4H2,2H3;. The molecule has 27 heavy (non-hydrogen) atoms. The Kier molecular flexibility index (Phi) is 8.72. The van der Waals surface area contributed by atoms with Crippen LogP contribution in [0.25, 0.3) is 11.0 Å². The van der Waals surface area contributed by atoms with E-state index in [1.807, 2.05) is 12.1 Å². The number of hydrogen-bond acceptors (Lipinski definition) is 3. The monoisotopic (exact) mass is 543 g/mol. The average Bonchev–Trinajstić information content (AvgIpc) is 3.00. The Morgan fingerprint density at radius 1 is 1.04 bits per heavy atom. The Labute approximate surface area is 176 Å². The molecule has 0 aliphatic rings. The van der Waals surface area contributed by atoms with Crippen LogP contribution in [0.5, 0.6) is 0 Å². The van der Waals surface area contributed by atoms with E-state index in [2.05, 4.69) is 36.7 Å². The summed E-state index contributed by atoms with van der Waals surface area (Å²) in [4.78, 5) is 12.7. The Morgan fingerprint density at radius 2 is 1.56 bits per heavy atom. The predicted octanol–water partition coefficient (Wildman–Crippen LogP) is 7.04. The van der Waals surface area contributed by atoms with Crippen LogP contribution in [0.15, 0.2) is 21.0 Å². The first-order chi connectivity index (χ1) is 12.9. The SMILES string of the molecule is CCC[CH2][Sn]([CH2]CCC)([CH2]CCC)[c]1oc2cc(N)c(Br)cc2c1C(C)=O. The average molecular weight is 543 g/mol. The zero-order valence-corrected chi connectivity index (χ0v) is 21.7. The van der Waals surface area contributed by atoms with Crippen LogP contribution in [0.2, 0.25) is 13.3 Å². The van der Waals surface area contributed by atoms with Crippen molar-refractivity contribution in [2.75, 3.05) is 5.73 Å². The summed E-state index contributed by atoms with van der Waals surface area (Å²) in [5.74, 6) is 0.131. The van der Waals surface area contributed by atoms with Gasteiger partial charge in [0.15, 0.2) is 0 Å². The third kappa shape index (κ3) is 5.11. The summed E-state index contributed by atoms with van der Waals surface area (Å²) in [5, 5.41) is 0.934. The zero-order valence-electron chi connectivity index (χ0n) is 17.3. The minimum absolute atomic E-state index is 0.131. The molecule has 2 rings (SSSR count). The zero-order chi connectivity index (χ0) is 20.0. The van der Waals surface area contributed by atoms with E-state index in [1.54, 1.807) is 6.92 Å². The second kappa shape index (κ2) is 10.3. The maximum absolute atomic E-state index is 12.7. The van der Waals surface area contributed by atoms with Crippen LogP contribution >= 0.6 is 15.9 Å². The number of anilines is 1. The summed E-state index contributed by atoms with van der Waals surface area (Å²) in [6, 6.07) is 3.86. The molecule has 2 N–H and O–H groups in total. The molecule has 0 amide bonds. The van der Waals surface area contributed by atoms with Crippen molar-refractivity contribution >= 4 is 60.5 Å². The van der Waals surface area contributed by atoms with Crippen molar-refractivity contribution in [1.82, 2.24) is 0 Å². The molecule has 0 saturated carbocycles. The van der Waals surface area contributed by atoms with Gasteiger partial charge >= 0.3 is 177 Å². The Hall–Kier alpha value is -0.491. The molecule has 2 aromatic rings. The summed E-state index contributed by atoms with van der Waals surface area (Å²) >= 11 is 0.680. The fourth-order valence-electron chi connectivity index (χ4n) is 4.12. The molecular weight excluding hydrogens is 509 g/mol. The molecule has 3 nitrogen and oxygen atoms in total. The maximum atomic E-state index is 12.7. The summed E-state index contributed by atoms with van der Waals surface area (Å²) in [7, 11) is 0. The van der Waals surface area contributed by atoms with Gasteiger partial charge in [-0.05, 0) is 0 Å². The van der Waals surface area contributed by atoms with Gasteiger partial charge in [0.25, 0.3) is 0 Å². The van der Waals surface area contributed by atoms with Gasteiger partial charge in [0.2, 0.25) is 0 Å². The summed E-state index contributed by atoms with van der Waals surface area (Å²) in [6.45, 7) is 8.48. The molecule has 1 aromatic carbocycles. The number of halogens is 1. The number of furan rings is 1. The number of nitrogens with two attached hydrogens (primary N) is 1. The van der Waals surface area contributed by atoms with Gasteiger partial charge in [0.1, 0.15) is 0 Å². The summed E-state index contributed by atoms with van der Waals surface area (Å²) in [5.41, 5.74) is 8.39. The van der Waals surface area contributed by atoms with E-state index >= 15 is 0 Å². The molecule has 0 bridgehead atoms. The number of Topliss-reactive ketones (excluding diaryl/α,β-unsaturated/α-hetero) is 1. The number of carbonyl (C=O) groups is 1. The second-order valence-electron chi connectivity index (χ2n) is 7.82. The quantitative estimate of drug-likeness (QED) is 0.188. The first-order valence-electron chi connectivity index (χ1n) is 10.4. The van der Waals surface area contributed by atoms with Gasteiger partial charge < -0.3 is 0 Å². The number of unbranched alkanes of at least 4 members (excludes halogenated alkanes) is 3. The Balaban J connectivity index is 2.72. The van der Waals surface area contributed by atoms with E-state index in [0.717, 1.165) is 24.8 Å².